The van der Waals surface area contributed by atoms with Gasteiger partial charge in [0.15, 0.2) is 0 Å². The van der Waals surface area contributed by atoms with Crippen molar-refractivity contribution in [2.75, 3.05) is 18.4 Å². The Morgan fingerprint density at radius 3 is 2.22 bits per heavy atom. The van der Waals surface area contributed by atoms with Crippen molar-refractivity contribution in [3.05, 3.63) is 100 Å². The fraction of sp³-hybridized carbons (Fsp3) is 0.207. The number of anilines is 1. The van der Waals surface area contributed by atoms with Crippen molar-refractivity contribution in [2.45, 2.75) is 20.8 Å². The number of aromatic nitrogens is 2. The molecule has 0 saturated heterocycles. The van der Waals surface area contributed by atoms with E-state index in [2.05, 4.69) is 5.32 Å². The molecule has 8 heteroatoms. The molecule has 1 heterocycles. The van der Waals surface area contributed by atoms with E-state index in [1.165, 1.54) is 4.90 Å². The van der Waals surface area contributed by atoms with Crippen LogP contribution in [0.15, 0.2) is 78.9 Å². The summed E-state index contributed by atoms with van der Waals surface area (Å²) in [5.41, 5.74) is 3.92. The summed E-state index contributed by atoms with van der Waals surface area (Å²) in [6, 6.07) is 24.1. The minimum Gasteiger partial charge on any atom is -0.329 e. The normalized spacial score (nSPS) is 11.0. The van der Waals surface area contributed by atoms with Gasteiger partial charge < -0.3 is 10.2 Å². The number of carbonyl (C=O) groups is 2. The van der Waals surface area contributed by atoms with E-state index in [1.54, 1.807) is 22.9 Å². The molecule has 0 atom stereocenters. The molecule has 37 heavy (non-hydrogen) atoms. The quantitative estimate of drug-likeness (QED) is 0.267. The highest BCUT2D eigenvalue weighted by molar-refractivity contribution is 6.35. The topological polar surface area (TPSA) is 67.2 Å². The molecule has 0 bridgehead atoms. The van der Waals surface area contributed by atoms with E-state index in [1.807, 2.05) is 81.4 Å². The molecule has 0 aliphatic rings. The molecule has 0 aliphatic carbocycles. The molecule has 1 N–H and O–H groups in total. The Balaban J connectivity index is 1.62. The van der Waals surface area contributed by atoms with Gasteiger partial charge in [0, 0.05) is 33.8 Å². The molecule has 0 aliphatic heterocycles. The largest absolute Gasteiger partial charge is 0.329 e. The van der Waals surface area contributed by atoms with Gasteiger partial charge >= 0.3 is 0 Å². The number of nitrogens with zero attached hydrogens (tertiary/aromatic N) is 3. The van der Waals surface area contributed by atoms with Gasteiger partial charge in [0.2, 0.25) is 5.91 Å². The van der Waals surface area contributed by atoms with Crippen molar-refractivity contribution >= 4 is 40.8 Å². The SMILES string of the molecule is Cc1ccc(-n2nc(-c3ccccc3)cc2NC(=O)CN(CC(C)C)C(=O)c2cc(Cl)cc(Cl)c2)cc1. The molecule has 4 aromatic rings. The van der Waals surface area contributed by atoms with Crippen LogP contribution in [0.4, 0.5) is 5.82 Å². The lowest BCUT2D eigenvalue weighted by atomic mass is 10.1. The highest BCUT2D eigenvalue weighted by Gasteiger charge is 2.22. The van der Waals surface area contributed by atoms with Crippen LogP contribution in [0.5, 0.6) is 0 Å². The van der Waals surface area contributed by atoms with E-state index in [4.69, 9.17) is 28.3 Å². The fourth-order valence-corrected chi connectivity index (χ4v) is 4.50. The molecule has 2 amide bonds. The van der Waals surface area contributed by atoms with Crippen LogP contribution in [0.25, 0.3) is 16.9 Å². The highest BCUT2D eigenvalue weighted by Crippen LogP contribution is 2.25. The maximum absolute atomic E-state index is 13.3. The molecule has 4 rings (SSSR count). The summed E-state index contributed by atoms with van der Waals surface area (Å²) in [7, 11) is 0. The van der Waals surface area contributed by atoms with Crippen LogP contribution in [0.2, 0.25) is 10.0 Å². The molecular weight excluding hydrogens is 507 g/mol. The number of hydrogen-bond acceptors (Lipinski definition) is 3. The number of carbonyl (C=O) groups excluding carboxylic acids is 2. The van der Waals surface area contributed by atoms with E-state index < -0.39 is 0 Å². The number of hydrogen-bond donors (Lipinski definition) is 1. The third-order valence-corrected chi connectivity index (χ3v) is 6.08. The summed E-state index contributed by atoms with van der Waals surface area (Å²) in [6.07, 6.45) is 0. The van der Waals surface area contributed by atoms with Gasteiger partial charge in [-0.1, -0.05) is 85.1 Å². The second-order valence-electron chi connectivity index (χ2n) is 9.31. The molecule has 0 fully saturated rings. The molecule has 1 aromatic heterocycles. The van der Waals surface area contributed by atoms with E-state index in [0.717, 1.165) is 22.5 Å². The Kier molecular flexibility index (Phi) is 8.31. The lowest BCUT2D eigenvalue weighted by Crippen LogP contribution is -2.40. The highest BCUT2D eigenvalue weighted by atomic mass is 35.5. The molecule has 0 saturated carbocycles. The first-order valence-corrected chi connectivity index (χ1v) is 12.7. The van der Waals surface area contributed by atoms with Gasteiger partial charge in [-0.3, -0.25) is 9.59 Å². The summed E-state index contributed by atoms with van der Waals surface area (Å²) in [5, 5.41) is 8.44. The minimum atomic E-state index is -0.338. The number of benzene rings is 3. The average molecular weight is 535 g/mol. The summed E-state index contributed by atoms with van der Waals surface area (Å²) in [6.45, 7) is 6.24. The molecular formula is C29H28Cl2N4O2. The van der Waals surface area contributed by atoms with Gasteiger partial charge in [-0.25, -0.2) is 4.68 Å². The van der Waals surface area contributed by atoms with Crippen LogP contribution >= 0.6 is 23.2 Å². The van der Waals surface area contributed by atoms with Crippen molar-refractivity contribution in [1.82, 2.24) is 14.7 Å². The van der Waals surface area contributed by atoms with Gasteiger partial charge in [0.05, 0.1) is 11.4 Å². The van der Waals surface area contributed by atoms with Crippen molar-refractivity contribution < 1.29 is 9.59 Å². The Labute approximate surface area is 226 Å². The van der Waals surface area contributed by atoms with Crippen molar-refractivity contribution in [3.8, 4) is 16.9 Å². The van der Waals surface area contributed by atoms with Gasteiger partial charge in [0.25, 0.3) is 5.91 Å². The smallest absolute Gasteiger partial charge is 0.254 e. The molecule has 6 nitrogen and oxygen atoms in total. The summed E-state index contributed by atoms with van der Waals surface area (Å²) in [5.74, 6) is 0.00453. The van der Waals surface area contributed by atoms with Crippen molar-refractivity contribution in [1.29, 1.82) is 0 Å². The summed E-state index contributed by atoms with van der Waals surface area (Å²) >= 11 is 12.2. The fourth-order valence-electron chi connectivity index (χ4n) is 3.98. The lowest BCUT2D eigenvalue weighted by molar-refractivity contribution is -0.117. The van der Waals surface area contributed by atoms with Gasteiger partial charge in [0.1, 0.15) is 12.4 Å². The number of aryl methyl sites for hydroxylation is 1. The zero-order valence-electron chi connectivity index (χ0n) is 20.9. The Hall–Kier alpha value is -3.61. The third-order valence-electron chi connectivity index (χ3n) is 5.64. The third kappa shape index (κ3) is 6.79. The second kappa shape index (κ2) is 11.6. The number of nitrogens with one attached hydrogen (secondary N) is 1. The zero-order chi connectivity index (χ0) is 26.5. The maximum atomic E-state index is 13.3. The van der Waals surface area contributed by atoms with Crippen LogP contribution in [0, 0.1) is 12.8 Å². The Morgan fingerprint density at radius 1 is 0.946 bits per heavy atom. The van der Waals surface area contributed by atoms with E-state index in [9.17, 15) is 9.59 Å². The summed E-state index contributed by atoms with van der Waals surface area (Å²) in [4.78, 5) is 28.1. The van der Waals surface area contributed by atoms with Gasteiger partial charge in [-0.2, -0.15) is 5.10 Å². The second-order valence-corrected chi connectivity index (χ2v) is 10.2. The average Bonchev–Trinajstić information content (AvgIpc) is 3.27. The van der Waals surface area contributed by atoms with Gasteiger partial charge in [-0.05, 0) is 43.2 Å². The Morgan fingerprint density at radius 2 is 1.59 bits per heavy atom. The molecule has 0 unspecified atom stereocenters. The predicted octanol–water partition coefficient (Wildman–Crippen LogP) is 6.89. The first-order chi connectivity index (χ1) is 17.7. The van der Waals surface area contributed by atoms with Crippen LogP contribution in [0.1, 0.15) is 29.8 Å². The number of amides is 2. The number of rotatable bonds is 8. The monoisotopic (exact) mass is 534 g/mol. The van der Waals surface area contributed by atoms with E-state index >= 15 is 0 Å². The maximum Gasteiger partial charge on any atom is 0.254 e. The summed E-state index contributed by atoms with van der Waals surface area (Å²) < 4.78 is 1.70. The minimum absolute atomic E-state index is 0.138. The van der Waals surface area contributed by atoms with Crippen molar-refractivity contribution in [3.63, 3.8) is 0 Å². The van der Waals surface area contributed by atoms with E-state index in [0.29, 0.717) is 28.0 Å². The molecule has 0 spiro atoms. The molecule has 3 aromatic carbocycles. The standard InChI is InChI=1S/C29H28Cl2N4O2/c1-19(2)17-34(29(37)22-13-23(30)15-24(31)14-22)18-28(36)32-27-16-26(21-7-5-4-6-8-21)33-35(27)25-11-9-20(3)10-12-25/h4-16,19H,17-18H2,1-3H3,(H,32,36). The van der Waals surface area contributed by atoms with E-state index in [-0.39, 0.29) is 24.3 Å². The lowest BCUT2D eigenvalue weighted by Gasteiger charge is -2.24. The van der Waals surface area contributed by atoms with Crippen LogP contribution < -0.4 is 5.32 Å². The van der Waals surface area contributed by atoms with Crippen LogP contribution in [0.3, 0.4) is 0 Å². The predicted molar refractivity (Wildman–Crippen MR) is 150 cm³/mol. The van der Waals surface area contributed by atoms with Gasteiger partial charge in [-0.15, -0.1) is 0 Å². The van der Waals surface area contributed by atoms with Crippen molar-refractivity contribution in [2.24, 2.45) is 5.92 Å². The first kappa shape index (κ1) is 26.5. The van der Waals surface area contributed by atoms with Crippen LogP contribution in [-0.2, 0) is 4.79 Å². The molecule has 190 valence electrons. The van der Waals surface area contributed by atoms with Crippen LogP contribution in [-0.4, -0.2) is 39.6 Å². The molecule has 0 radical (unpaired) electrons. The zero-order valence-corrected chi connectivity index (χ0v) is 22.4. The number of halogens is 2. The first-order valence-electron chi connectivity index (χ1n) is 12.0. The Bertz CT molecular complexity index is 1380.